The number of aliphatic hydroxyl groups is 1. The average molecular weight is 742 g/mol. The van der Waals surface area contributed by atoms with E-state index in [9.17, 15) is 29.1 Å². The third kappa shape index (κ3) is 7.20. The number of nitrogens with zero attached hydrogens (tertiary/aromatic N) is 3. The number of amides is 5. The summed E-state index contributed by atoms with van der Waals surface area (Å²) < 4.78 is 0. The Morgan fingerprint density at radius 3 is 2.55 bits per heavy atom. The number of rotatable bonds is 12. The summed E-state index contributed by atoms with van der Waals surface area (Å²) >= 11 is 0. The lowest BCUT2D eigenvalue weighted by atomic mass is 9.82. The van der Waals surface area contributed by atoms with Crippen LogP contribution in [-0.4, -0.2) is 81.2 Å². The molecule has 5 amide bonds. The molecule has 5 N–H and O–H groups in total. The number of imide groups is 2. The van der Waals surface area contributed by atoms with Crippen LogP contribution in [0.5, 0.6) is 0 Å². The maximum absolute atomic E-state index is 13.4. The van der Waals surface area contributed by atoms with Crippen molar-refractivity contribution in [3.8, 4) is 11.1 Å². The zero-order chi connectivity index (χ0) is 38.1. The van der Waals surface area contributed by atoms with Gasteiger partial charge in [-0.15, -0.1) is 0 Å². The lowest BCUT2D eigenvalue weighted by Crippen LogP contribution is -2.54. The normalized spacial score (nSPS) is 21.7. The number of benzene rings is 3. The van der Waals surface area contributed by atoms with Crippen LogP contribution in [0.2, 0.25) is 0 Å². The molecule has 0 saturated carbocycles. The molecular weight excluding hydrogens is 699 g/mol. The SMILES string of the molecule is O=C1CCC(N2C(=O)c3cccc(NCCCCC(=O)Nc4cccc(-c5ccc6c(c5)[C@H]5[C@H](CCN5Cc5ccncc5)[C@@H](CO)N6)c4)c3C2=O)C(=O)N1. The first-order valence-corrected chi connectivity index (χ1v) is 18.9. The number of aliphatic hydroxyl groups excluding tert-OH is 1. The molecule has 13 heteroatoms. The van der Waals surface area contributed by atoms with Gasteiger partial charge in [-0.25, -0.2) is 0 Å². The quantitative estimate of drug-likeness (QED) is 0.101. The van der Waals surface area contributed by atoms with E-state index in [-0.39, 0.29) is 54.5 Å². The predicted octanol–water partition coefficient (Wildman–Crippen LogP) is 4.72. The van der Waals surface area contributed by atoms with Crippen LogP contribution < -0.4 is 21.3 Å². The number of unbranched alkanes of at least 4 members (excludes halogenated alkanes) is 1. The zero-order valence-electron chi connectivity index (χ0n) is 30.3. The first-order chi connectivity index (χ1) is 26.8. The van der Waals surface area contributed by atoms with Gasteiger partial charge in [0, 0.05) is 67.3 Å². The third-order valence-electron chi connectivity index (χ3n) is 11.2. The number of nitrogens with one attached hydrogen (secondary N) is 4. The molecule has 3 aromatic carbocycles. The van der Waals surface area contributed by atoms with Crippen molar-refractivity contribution >= 4 is 46.6 Å². The fraction of sp³-hybridized carbons (Fsp3) is 0.333. The lowest BCUT2D eigenvalue weighted by molar-refractivity contribution is -0.136. The maximum Gasteiger partial charge on any atom is 0.264 e. The van der Waals surface area contributed by atoms with Gasteiger partial charge in [0.05, 0.1) is 23.8 Å². The first-order valence-electron chi connectivity index (χ1n) is 18.9. The molecule has 4 aromatic rings. The molecule has 8 rings (SSSR count). The largest absolute Gasteiger partial charge is 0.394 e. The molecular formula is C42H43N7O6. The van der Waals surface area contributed by atoms with Crippen molar-refractivity contribution in [1.82, 2.24) is 20.1 Å². The molecule has 282 valence electrons. The summed E-state index contributed by atoms with van der Waals surface area (Å²) in [5, 5.41) is 22.3. The van der Waals surface area contributed by atoms with E-state index in [1.165, 1.54) is 11.1 Å². The highest BCUT2D eigenvalue weighted by Gasteiger charge is 2.46. The molecule has 4 aliphatic rings. The molecule has 0 radical (unpaired) electrons. The molecule has 0 bridgehead atoms. The Labute approximate surface area is 318 Å². The highest BCUT2D eigenvalue weighted by atomic mass is 16.3. The smallest absolute Gasteiger partial charge is 0.264 e. The second-order valence-electron chi connectivity index (χ2n) is 14.6. The Hall–Kier alpha value is -5.92. The first kappa shape index (κ1) is 36.1. The van der Waals surface area contributed by atoms with E-state index >= 15 is 0 Å². The van der Waals surface area contributed by atoms with Gasteiger partial charge >= 0.3 is 0 Å². The van der Waals surface area contributed by atoms with E-state index in [0.717, 1.165) is 41.2 Å². The van der Waals surface area contributed by atoms with E-state index in [4.69, 9.17) is 0 Å². The van der Waals surface area contributed by atoms with Crippen LogP contribution >= 0.6 is 0 Å². The number of likely N-dealkylation sites (tertiary alicyclic amines) is 1. The van der Waals surface area contributed by atoms with Crippen LogP contribution in [-0.2, 0) is 20.9 Å². The number of carbonyl (C=O) groups is 5. The zero-order valence-corrected chi connectivity index (χ0v) is 30.3. The highest BCUT2D eigenvalue weighted by Crippen LogP contribution is 2.48. The molecule has 4 atom stereocenters. The van der Waals surface area contributed by atoms with E-state index in [2.05, 4.69) is 61.5 Å². The van der Waals surface area contributed by atoms with Gasteiger partial charge in [-0.05, 0) is 103 Å². The summed E-state index contributed by atoms with van der Waals surface area (Å²) in [7, 11) is 0. The minimum Gasteiger partial charge on any atom is -0.394 e. The molecule has 55 heavy (non-hydrogen) atoms. The predicted molar refractivity (Wildman–Crippen MR) is 206 cm³/mol. The molecule has 4 aliphatic heterocycles. The van der Waals surface area contributed by atoms with Crippen LogP contribution in [0.3, 0.4) is 0 Å². The maximum atomic E-state index is 13.4. The highest BCUT2D eigenvalue weighted by molar-refractivity contribution is 6.25. The Balaban J connectivity index is 0.871. The number of hydrogen-bond donors (Lipinski definition) is 5. The summed E-state index contributed by atoms with van der Waals surface area (Å²) in [6.45, 7) is 2.29. The number of pyridine rings is 1. The van der Waals surface area contributed by atoms with Gasteiger partial charge in [-0.2, -0.15) is 0 Å². The molecule has 0 spiro atoms. The molecule has 2 saturated heterocycles. The van der Waals surface area contributed by atoms with Crippen molar-refractivity contribution in [2.24, 2.45) is 5.92 Å². The van der Waals surface area contributed by atoms with E-state index < -0.39 is 29.7 Å². The minimum atomic E-state index is -1.03. The average Bonchev–Trinajstić information content (AvgIpc) is 3.72. The second-order valence-corrected chi connectivity index (χ2v) is 14.6. The van der Waals surface area contributed by atoms with Crippen LogP contribution in [0.15, 0.2) is 85.2 Å². The summed E-state index contributed by atoms with van der Waals surface area (Å²) in [4.78, 5) is 71.2. The third-order valence-corrected chi connectivity index (χ3v) is 11.2. The van der Waals surface area contributed by atoms with Crippen LogP contribution in [0.25, 0.3) is 11.1 Å². The number of anilines is 3. The van der Waals surface area contributed by atoms with Crippen molar-refractivity contribution in [1.29, 1.82) is 0 Å². The van der Waals surface area contributed by atoms with Gasteiger partial charge in [0.1, 0.15) is 6.04 Å². The van der Waals surface area contributed by atoms with E-state index in [1.54, 1.807) is 18.2 Å². The Morgan fingerprint density at radius 2 is 1.73 bits per heavy atom. The van der Waals surface area contributed by atoms with Gasteiger partial charge in [0.2, 0.25) is 17.7 Å². The summed E-state index contributed by atoms with van der Waals surface area (Å²) in [5.74, 6) is -2.01. The standard InChI is InChI=1S/C42H43N7O6/c50-24-34-29-16-20-48(23-25-14-18-43-19-15-25)39(29)31-22-27(10-11-32(31)46-34)26-5-3-6-28(21-26)45-36(51)9-1-2-17-44-33-8-4-7-30-38(33)42(55)49(41(30)54)35-12-13-37(52)47-40(35)53/h3-8,10-11,14-15,18-19,21-22,29,34-35,39,44,46,50H,1-2,9,12-13,16-17,20,23-24H2,(H,45,51)(H,47,52,53)/t29-,34-,35?,39-/m1/s1. The fourth-order valence-electron chi connectivity index (χ4n) is 8.53. The van der Waals surface area contributed by atoms with Crippen molar-refractivity contribution in [3.63, 3.8) is 0 Å². The Bertz CT molecular complexity index is 2160. The second kappa shape index (κ2) is 15.4. The number of fused-ring (bicyclic) bond motifs is 4. The number of aromatic nitrogens is 1. The number of hydrogen-bond acceptors (Lipinski definition) is 10. The summed E-state index contributed by atoms with van der Waals surface area (Å²) in [6, 6.07) is 22.5. The molecule has 5 heterocycles. The fourth-order valence-corrected chi connectivity index (χ4v) is 8.53. The molecule has 1 unspecified atom stereocenters. The number of carbonyl (C=O) groups excluding carboxylic acids is 5. The Morgan fingerprint density at radius 1 is 0.909 bits per heavy atom. The van der Waals surface area contributed by atoms with Gasteiger partial charge < -0.3 is 21.1 Å². The van der Waals surface area contributed by atoms with Crippen molar-refractivity contribution in [2.45, 2.75) is 63.2 Å². The summed E-state index contributed by atoms with van der Waals surface area (Å²) in [6.07, 6.45) is 6.32. The molecule has 2 fully saturated rings. The van der Waals surface area contributed by atoms with E-state index in [0.29, 0.717) is 37.2 Å². The van der Waals surface area contributed by atoms with Crippen molar-refractivity contribution in [2.75, 3.05) is 35.6 Å². The lowest BCUT2D eigenvalue weighted by Gasteiger charge is -2.39. The van der Waals surface area contributed by atoms with Crippen LogP contribution in [0.4, 0.5) is 17.1 Å². The van der Waals surface area contributed by atoms with Gasteiger partial charge in [-0.3, -0.25) is 44.1 Å². The van der Waals surface area contributed by atoms with Gasteiger partial charge in [-0.1, -0.05) is 24.3 Å². The monoisotopic (exact) mass is 741 g/mol. The molecule has 1 aromatic heterocycles. The number of piperidine rings is 1. The van der Waals surface area contributed by atoms with E-state index in [1.807, 2.05) is 36.7 Å². The van der Waals surface area contributed by atoms with Crippen LogP contribution in [0.1, 0.15) is 76.4 Å². The Kier molecular flexibility index (Phi) is 10.1. The van der Waals surface area contributed by atoms with Crippen LogP contribution in [0, 0.1) is 5.92 Å². The molecule has 13 nitrogen and oxygen atoms in total. The van der Waals surface area contributed by atoms with Crippen molar-refractivity contribution in [3.05, 3.63) is 107 Å². The van der Waals surface area contributed by atoms with Gasteiger partial charge in [0.15, 0.2) is 0 Å². The van der Waals surface area contributed by atoms with Crippen molar-refractivity contribution < 1.29 is 29.1 Å². The minimum absolute atomic E-state index is 0.00754. The molecule has 0 aliphatic carbocycles. The van der Waals surface area contributed by atoms with Gasteiger partial charge in [0.25, 0.3) is 11.8 Å². The summed E-state index contributed by atoms with van der Waals surface area (Å²) in [5.41, 5.74) is 7.12. The topological polar surface area (TPSA) is 173 Å².